The molecule has 0 aliphatic rings. The zero-order valence-electron chi connectivity index (χ0n) is 11.1. The Kier molecular flexibility index (Phi) is 2.71. The van der Waals surface area contributed by atoms with Crippen LogP contribution in [0.15, 0.2) is 36.4 Å². The fraction of sp³-hybridized carbons (Fsp3) is 0.143. The highest BCUT2D eigenvalue weighted by Crippen LogP contribution is 2.24. The Balaban J connectivity index is 2.27. The molecule has 0 unspecified atom stereocenters. The lowest BCUT2D eigenvalue weighted by Gasteiger charge is -2.05. The lowest BCUT2D eigenvalue weighted by molar-refractivity contribution is -0.383. The van der Waals surface area contributed by atoms with E-state index < -0.39 is 4.92 Å². The maximum atomic E-state index is 11.1. The van der Waals surface area contributed by atoms with Crippen molar-refractivity contribution < 1.29 is 4.92 Å². The van der Waals surface area contributed by atoms with Crippen LogP contribution < -0.4 is 0 Å². The van der Waals surface area contributed by atoms with Crippen LogP contribution in [0, 0.1) is 24.0 Å². The lowest BCUT2D eigenvalue weighted by Crippen LogP contribution is -2.02. The van der Waals surface area contributed by atoms with Crippen LogP contribution in [-0.2, 0) is 0 Å². The van der Waals surface area contributed by atoms with E-state index >= 15 is 0 Å². The van der Waals surface area contributed by atoms with Gasteiger partial charge in [0, 0.05) is 17.1 Å². The molecule has 0 atom stereocenters. The molecule has 20 heavy (non-hydrogen) atoms. The number of non-ortho nitro benzene ring substituents is 1. The maximum absolute atomic E-state index is 11.1. The summed E-state index contributed by atoms with van der Waals surface area (Å²) in [5.41, 5.74) is 2.20. The van der Waals surface area contributed by atoms with Crippen LogP contribution in [0.1, 0.15) is 11.4 Å². The molecule has 3 aromatic rings. The van der Waals surface area contributed by atoms with Gasteiger partial charge in [0.25, 0.3) is 5.69 Å². The summed E-state index contributed by atoms with van der Waals surface area (Å²) in [4.78, 5) is 15.1. The molecule has 0 saturated carbocycles. The number of hydrogen-bond acceptors (Lipinski definition) is 4. The molecule has 0 amide bonds. The average Bonchev–Trinajstić information content (AvgIpc) is 2.76. The zero-order chi connectivity index (χ0) is 14.3. The maximum Gasteiger partial charge on any atom is 0.295 e. The number of aromatic nitrogens is 3. The zero-order valence-corrected chi connectivity index (χ0v) is 11.1. The van der Waals surface area contributed by atoms with Crippen molar-refractivity contribution in [3.63, 3.8) is 0 Å². The van der Waals surface area contributed by atoms with E-state index in [9.17, 15) is 10.1 Å². The van der Waals surface area contributed by atoms with Gasteiger partial charge in [-0.05, 0) is 32.0 Å². The first-order chi connectivity index (χ1) is 9.56. The molecule has 0 bridgehead atoms. The van der Waals surface area contributed by atoms with E-state index in [2.05, 4.69) is 10.1 Å². The Morgan fingerprint density at radius 1 is 1.20 bits per heavy atom. The van der Waals surface area contributed by atoms with Gasteiger partial charge in [0.2, 0.25) is 0 Å². The van der Waals surface area contributed by atoms with Gasteiger partial charge >= 0.3 is 0 Å². The summed E-state index contributed by atoms with van der Waals surface area (Å²) in [6.07, 6.45) is 0. The van der Waals surface area contributed by atoms with Gasteiger partial charge in [0.1, 0.15) is 0 Å². The van der Waals surface area contributed by atoms with Crippen LogP contribution in [0.2, 0.25) is 0 Å². The second-order valence-corrected chi connectivity index (χ2v) is 4.61. The van der Waals surface area contributed by atoms with Gasteiger partial charge in [-0.2, -0.15) is 5.10 Å². The van der Waals surface area contributed by atoms with Gasteiger partial charge in [-0.25, -0.2) is 9.67 Å². The molecule has 0 radical (unpaired) electrons. The molecular formula is C14H12N4O2. The second kappa shape index (κ2) is 4.41. The van der Waals surface area contributed by atoms with Crippen LogP contribution in [0.3, 0.4) is 0 Å². The normalized spacial score (nSPS) is 10.9. The fourth-order valence-electron chi connectivity index (χ4n) is 2.25. The summed E-state index contributed by atoms with van der Waals surface area (Å²) >= 11 is 0. The Hall–Kier alpha value is -2.76. The number of rotatable bonds is 2. The van der Waals surface area contributed by atoms with Crippen LogP contribution in [0.25, 0.3) is 16.7 Å². The summed E-state index contributed by atoms with van der Waals surface area (Å²) in [6.45, 7) is 3.82. The monoisotopic (exact) mass is 268 g/mol. The standard InChI is InChI=1S/C14H12N4O2/c1-9-8-10(2)17(16-9)13-7-6-11-4-3-5-12(18(19)20)14(11)15-13/h3-8H,1-2H3. The number of fused-ring (bicyclic) bond motifs is 1. The van der Waals surface area contributed by atoms with E-state index in [1.807, 2.05) is 32.0 Å². The van der Waals surface area contributed by atoms with Crippen molar-refractivity contribution in [2.75, 3.05) is 0 Å². The van der Waals surface area contributed by atoms with Gasteiger partial charge in [-0.15, -0.1) is 0 Å². The number of benzene rings is 1. The number of nitrogens with zero attached hydrogens (tertiary/aromatic N) is 4. The van der Waals surface area contributed by atoms with Gasteiger partial charge in [-0.1, -0.05) is 12.1 Å². The molecule has 2 aromatic heterocycles. The molecular weight excluding hydrogens is 256 g/mol. The van der Waals surface area contributed by atoms with Gasteiger partial charge in [0.15, 0.2) is 11.3 Å². The summed E-state index contributed by atoms with van der Waals surface area (Å²) < 4.78 is 1.69. The number of pyridine rings is 1. The van der Waals surface area contributed by atoms with Crippen molar-refractivity contribution >= 4 is 16.6 Å². The highest BCUT2D eigenvalue weighted by molar-refractivity contribution is 5.87. The predicted octanol–water partition coefficient (Wildman–Crippen LogP) is 2.95. The summed E-state index contributed by atoms with van der Waals surface area (Å²) in [5.74, 6) is 0.581. The van der Waals surface area contributed by atoms with E-state index in [0.29, 0.717) is 11.3 Å². The molecule has 0 saturated heterocycles. The lowest BCUT2D eigenvalue weighted by atomic mass is 10.2. The third-order valence-corrected chi connectivity index (χ3v) is 3.11. The molecule has 0 aliphatic heterocycles. The minimum Gasteiger partial charge on any atom is -0.258 e. The highest BCUT2D eigenvalue weighted by Gasteiger charge is 2.14. The van der Waals surface area contributed by atoms with Crippen LogP contribution >= 0.6 is 0 Å². The average molecular weight is 268 g/mol. The Labute approximate surface area is 114 Å². The fourth-order valence-corrected chi connectivity index (χ4v) is 2.25. The Bertz CT molecular complexity index is 823. The van der Waals surface area contributed by atoms with Crippen molar-refractivity contribution in [3.8, 4) is 5.82 Å². The highest BCUT2D eigenvalue weighted by atomic mass is 16.6. The largest absolute Gasteiger partial charge is 0.295 e. The minimum absolute atomic E-state index is 0.00545. The molecule has 3 rings (SSSR count). The van der Waals surface area contributed by atoms with E-state index in [1.165, 1.54) is 6.07 Å². The molecule has 6 nitrogen and oxygen atoms in total. The number of hydrogen-bond donors (Lipinski definition) is 0. The van der Waals surface area contributed by atoms with E-state index in [0.717, 1.165) is 16.8 Å². The van der Waals surface area contributed by atoms with Crippen LogP contribution in [0.5, 0.6) is 0 Å². The van der Waals surface area contributed by atoms with Gasteiger partial charge in [0.05, 0.1) is 10.6 Å². The molecule has 0 fully saturated rings. The SMILES string of the molecule is Cc1cc(C)n(-c2ccc3cccc([N+](=O)[O-])c3n2)n1. The van der Waals surface area contributed by atoms with Crippen LogP contribution in [-0.4, -0.2) is 19.7 Å². The topological polar surface area (TPSA) is 73.8 Å². The first-order valence-electron chi connectivity index (χ1n) is 6.14. The third kappa shape index (κ3) is 1.91. The summed E-state index contributed by atoms with van der Waals surface area (Å²) in [5, 5.41) is 16.2. The predicted molar refractivity (Wildman–Crippen MR) is 75.0 cm³/mol. The Morgan fingerprint density at radius 2 is 2.00 bits per heavy atom. The van der Waals surface area contributed by atoms with E-state index in [4.69, 9.17) is 0 Å². The number of nitro groups is 1. The smallest absolute Gasteiger partial charge is 0.258 e. The first-order valence-corrected chi connectivity index (χ1v) is 6.14. The third-order valence-electron chi connectivity index (χ3n) is 3.11. The van der Waals surface area contributed by atoms with Crippen LogP contribution in [0.4, 0.5) is 5.69 Å². The molecule has 100 valence electrons. The van der Waals surface area contributed by atoms with E-state index in [-0.39, 0.29) is 5.69 Å². The molecule has 0 N–H and O–H groups in total. The van der Waals surface area contributed by atoms with Crippen molar-refractivity contribution in [1.29, 1.82) is 0 Å². The van der Waals surface area contributed by atoms with E-state index in [1.54, 1.807) is 16.8 Å². The molecule has 0 spiro atoms. The van der Waals surface area contributed by atoms with Crippen molar-refractivity contribution in [3.05, 3.63) is 57.9 Å². The number of nitro benzene ring substituents is 1. The minimum atomic E-state index is -0.416. The summed E-state index contributed by atoms with van der Waals surface area (Å²) in [7, 11) is 0. The second-order valence-electron chi connectivity index (χ2n) is 4.61. The summed E-state index contributed by atoms with van der Waals surface area (Å²) in [6, 6.07) is 10.5. The quantitative estimate of drug-likeness (QED) is 0.529. The van der Waals surface area contributed by atoms with Crippen molar-refractivity contribution in [2.24, 2.45) is 0 Å². The van der Waals surface area contributed by atoms with Gasteiger partial charge in [-0.3, -0.25) is 10.1 Å². The van der Waals surface area contributed by atoms with Crippen molar-refractivity contribution in [1.82, 2.24) is 14.8 Å². The number of aryl methyl sites for hydroxylation is 2. The first kappa shape index (κ1) is 12.3. The van der Waals surface area contributed by atoms with Gasteiger partial charge < -0.3 is 0 Å². The van der Waals surface area contributed by atoms with Crippen molar-refractivity contribution in [2.45, 2.75) is 13.8 Å². The Morgan fingerprint density at radius 3 is 2.65 bits per heavy atom. The number of para-hydroxylation sites is 1. The molecule has 2 heterocycles. The molecule has 6 heteroatoms. The molecule has 0 aliphatic carbocycles. The molecule has 1 aromatic carbocycles.